The maximum atomic E-state index is 11.3. The van der Waals surface area contributed by atoms with Crippen molar-refractivity contribution >= 4 is 11.7 Å². The van der Waals surface area contributed by atoms with Gasteiger partial charge in [0.05, 0.1) is 12.7 Å². The van der Waals surface area contributed by atoms with E-state index in [1.165, 1.54) is 0 Å². The maximum absolute atomic E-state index is 11.3. The third-order valence-corrected chi connectivity index (χ3v) is 2.18. The third-order valence-electron chi connectivity index (χ3n) is 2.18. The van der Waals surface area contributed by atoms with Crippen LogP contribution in [0.2, 0.25) is 0 Å². The summed E-state index contributed by atoms with van der Waals surface area (Å²) >= 11 is 0. The second-order valence-corrected chi connectivity index (χ2v) is 3.69. The Bertz CT molecular complexity index is 409. The number of nitrogens with two attached hydrogens (primary N) is 1. The third kappa shape index (κ3) is 5.75. The van der Waals surface area contributed by atoms with Gasteiger partial charge in [0.1, 0.15) is 5.75 Å². The van der Waals surface area contributed by atoms with Gasteiger partial charge in [-0.05, 0) is 37.1 Å². The van der Waals surface area contributed by atoms with E-state index in [1.807, 2.05) is 6.07 Å². The molecule has 0 saturated carbocycles. The van der Waals surface area contributed by atoms with E-state index >= 15 is 0 Å². The number of esters is 1. The monoisotopic (exact) mass is 248 g/mol. The topological polar surface area (TPSA) is 85.3 Å². The summed E-state index contributed by atoms with van der Waals surface area (Å²) in [6, 6.07) is 8.81. The van der Waals surface area contributed by atoms with Crippen LogP contribution in [0, 0.1) is 11.3 Å². The molecule has 0 amide bonds. The van der Waals surface area contributed by atoms with Gasteiger partial charge in [-0.15, -0.1) is 0 Å². The van der Waals surface area contributed by atoms with E-state index < -0.39 is 5.97 Å². The van der Waals surface area contributed by atoms with Crippen LogP contribution < -0.4 is 10.5 Å². The van der Waals surface area contributed by atoms with Crippen LogP contribution in [-0.4, -0.2) is 19.2 Å². The van der Waals surface area contributed by atoms with Crippen LogP contribution >= 0.6 is 0 Å². The summed E-state index contributed by atoms with van der Waals surface area (Å²) in [7, 11) is 0. The fourth-order valence-corrected chi connectivity index (χ4v) is 1.24. The number of benzene rings is 1. The zero-order valence-corrected chi connectivity index (χ0v) is 10.1. The molecule has 5 heteroatoms. The van der Waals surface area contributed by atoms with Gasteiger partial charge in [0.15, 0.2) is 6.61 Å². The number of hydrogen-bond acceptors (Lipinski definition) is 5. The number of anilines is 1. The van der Waals surface area contributed by atoms with Crippen molar-refractivity contribution in [3.8, 4) is 11.8 Å². The molecule has 0 fully saturated rings. The molecular formula is C13H16N2O3. The largest absolute Gasteiger partial charge is 0.482 e. The minimum Gasteiger partial charge on any atom is -0.482 e. The average molecular weight is 248 g/mol. The summed E-state index contributed by atoms with van der Waals surface area (Å²) < 4.78 is 10.2. The summed E-state index contributed by atoms with van der Waals surface area (Å²) in [5.41, 5.74) is 6.16. The molecule has 18 heavy (non-hydrogen) atoms. The molecule has 2 N–H and O–H groups in total. The van der Waals surface area contributed by atoms with E-state index in [4.69, 9.17) is 20.5 Å². The lowest BCUT2D eigenvalue weighted by atomic mass is 10.3. The van der Waals surface area contributed by atoms with Gasteiger partial charge in [0.2, 0.25) is 0 Å². The zero-order chi connectivity index (χ0) is 13.2. The van der Waals surface area contributed by atoms with Crippen LogP contribution in [0.1, 0.15) is 19.3 Å². The molecule has 0 unspecified atom stereocenters. The van der Waals surface area contributed by atoms with Gasteiger partial charge in [-0.25, -0.2) is 4.79 Å². The molecule has 0 aromatic heterocycles. The first kappa shape index (κ1) is 13.8. The van der Waals surface area contributed by atoms with Crippen molar-refractivity contribution in [2.45, 2.75) is 19.3 Å². The molecule has 0 aliphatic heterocycles. The molecule has 0 bridgehead atoms. The van der Waals surface area contributed by atoms with E-state index in [0.29, 0.717) is 30.9 Å². The molecule has 0 radical (unpaired) electrons. The van der Waals surface area contributed by atoms with Crippen LogP contribution in [0.4, 0.5) is 5.69 Å². The number of hydrogen-bond donors (Lipinski definition) is 1. The van der Waals surface area contributed by atoms with Gasteiger partial charge in [0.25, 0.3) is 0 Å². The Hall–Kier alpha value is -2.22. The van der Waals surface area contributed by atoms with Crippen molar-refractivity contribution in [2.24, 2.45) is 0 Å². The molecule has 0 aliphatic carbocycles. The molecule has 0 atom stereocenters. The smallest absolute Gasteiger partial charge is 0.344 e. The highest BCUT2D eigenvalue weighted by molar-refractivity contribution is 5.71. The fourth-order valence-electron chi connectivity index (χ4n) is 1.24. The van der Waals surface area contributed by atoms with E-state index in [0.717, 1.165) is 6.42 Å². The first-order valence-corrected chi connectivity index (χ1v) is 5.73. The summed E-state index contributed by atoms with van der Waals surface area (Å²) in [6.45, 7) is 0.202. The first-order chi connectivity index (χ1) is 8.72. The summed E-state index contributed by atoms with van der Waals surface area (Å²) in [5.74, 6) is 0.161. The Morgan fingerprint density at radius 3 is 2.67 bits per heavy atom. The molecule has 1 aromatic rings. The van der Waals surface area contributed by atoms with Crippen molar-refractivity contribution < 1.29 is 14.3 Å². The Morgan fingerprint density at radius 2 is 2.00 bits per heavy atom. The SMILES string of the molecule is N#CCCCCOC(=O)COc1ccc(N)cc1. The van der Waals surface area contributed by atoms with Crippen LogP contribution in [0.15, 0.2) is 24.3 Å². The Labute approximate surface area is 106 Å². The average Bonchev–Trinajstić information content (AvgIpc) is 2.38. The van der Waals surface area contributed by atoms with Gasteiger partial charge >= 0.3 is 5.97 Å². The molecule has 1 rings (SSSR count). The quantitative estimate of drug-likeness (QED) is 0.452. The highest BCUT2D eigenvalue weighted by atomic mass is 16.6. The normalized spacial score (nSPS) is 9.50. The van der Waals surface area contributed by atoms with Gasteiger partial charge in [-0.2, -0.15) is 5.26 Å². The standard InChI is InChI=1S/C13H16N2O3/c14-8-2-1-3-9-17-13(16)10-18-12-6-4-11(15)5-7-12/h4-7H,1-3,9-10,15H2. The van der Waals surface area contributed by atoms with Crippen LogP contribution in [0.3, 0.4) is 0 Å². The van der Waals surface area contributed by atoms with Crippen LogP contribution in [-0.2, 0) is 9.53 Å². The second-order valence-electron chi connectivity index (χ2n) is 3.69. The van der Waals surface area contributed by atoms with Crippen LogP contribution in [0.5, 0.6) is 5.75 Å². The van der Waals surface area contributed by atoms with Crippen molar-refractivity contribution in [3.05, 3.63) is 24.3 Å². The Balaban J connectivity index is 2.13. The van der Waals surface area contributed by atoms with E-state index in [1.54, 1.807) is 24.3 Å². The number of carbonyl (C=O) groups excluding carboxylic acids is 1. The van der Waals surface area contributed by atoms with Crippen LogP contribution in [0.25, 0.3) is 0 Å². The molecule has 0 heterocycles. The predicted octanol–water partition coefficient (Wildman–Crippen LogP) is 1.88. The molecular weight excluding hydrogens is 232 g/mol. The van der Waals surface area contributed by atoms with Crippen molar-refractivity contribution in [2.75, 3.05) is 18.9 Å². The Morgan fingerprint density at radius 1 is 1.28 bits per heavy atom. The summed E-state index contributed by atoms with van der Waals surface area (Å²) in [5, 5.41) is 8.32. The van der Waals surface area contributed by atoms with Gasteiger partial charge < -0.3 is 15.2 Å². The minimum absolute atomic E-state index is 0.123. The molecule has 96 valence electrons. The highest BCUT2D eigenvalue weighted by Gasteiger charge is 2.03. The number of nitrogen functional groups attached to an aromatic ring is 1. The predicted molar refractivity (Wildman–Crippen MR) is 66.8 cm³/mol. The molecule has 5 nitrogen and oxygen atoms in total. The molecule has 1 aromatic carbocycles. The van der Waals surface area contributed by atoms with Crippen molar-refractivity contribution in [1.82, 2.24) is 0 Å². The number of ether oxygens (including phenoxy) is 2. The highest BCUT2D eigenvalue weighted by Crippen LogP contribution is 2.12. The lowest BCUT2D eigenvalue weighted by molar-refractivity contribution is -0.146. The van der Waals surface area contributed by atoms with E-state index in [-0.39, 0.29) is 6.61 Å². The summed E-state index contributed by atoms with van der Waals surface area (Å²) in [6.07, 6.45) is 1.92. The minimum atomic E-state index is -0.413. The van der Waals surface area contributed by atoms with E-state index in [2.05, 4.69) is 0 Å². The lowest BCUT2D eigenvalue weighted by Crippen LogP contribution is -2.15. The lowest BCUT2D eigenvalue weighted by Gasteiger charge is -2.06. The van der Waals surface area contributed by atoms with Gasteiger partial charge in [-0.3, -0.25) is 0 Å². The Kier molecular flexibility index (Phi) is 6.12. The van der Waals surface area contributed by atoms with Gasteiger partial charge in [0, 0.05) is 12.1 Å². The number of unbranched alkanes of at least 4 members (excludes halogenated alkanes) is 2. The molecule has 0 spiro atoms. The fraction of sp³-hybridized carbons (Fsp3) is 0.385. The molecule has 0 aliphatic rings. The number of rotatable bonds is 7. The number of nitrogens with zero attached hydrogens (tertiary/aromatic N) is 1. The number of carbonyl (C=O) groups is 1. The van der Waals surface area contributed by atoms with Gasteiger partial charge in [-0.1, -0.05) is 0 Å². The number of nitriles is 1. The first-order valence-electron chi connectivity index (χ1n) is 5.73. The maximum Gasteiger partial charge on any atom is 0.344 e. The summed E-state index contributed by atoms with van der Waals surface area (Å²) in [4.78, 5) is 11.3. The molecule has 0 saturated heterocycles. The van der Waals surface area contributed by atoms with Crippen molar-refractivity contribution in [3.63, 3.8) is 0 Å². The second kappa shape index (κ2) is 7.96. The zero-order valence-electron chi connectivity index (χ0n) is 10.1. The van der Waals surface area contributed by atoms with E-state index in [9.17, 15) is 4.79 Å². The van der Waals surface area contributed by atoms with Crippen molar-refractivity contribution in [1.29, 1.82) is 5.26 Å².